The molecule has 2 amide bonds. The van der Waals surface area contributed by atoms with Gasteiger partial charge in [0.2, 0.25) is 11.8 Å². The average Bonchev–Trinajstić information content (AvgIpc) is 2.79. The van der Waals surface area contributed by atoms with E-state index in [9.17, 15) is 18.4 Å². The second-order valence-electron chi connectivity index (χ2n) is 8.35. The number of halogens is 2. The molecule has 0 saturated heterocycles. The SMILES string of the molecule is O=C(Cc1ccccc1F)NC(CC1CCCCC1)C(=O)NCCNc1ccc(F)cc1. The van der Waals surface area contributed by atoms with Gasteiger partial charge in [-0.25, -0.2) is 8.78 Å². The minimum absolute atomic E-state index is 0.104. The Morgan fingerprint density at radius 3 is 2.38 bits per heavy atom. The first-order valence-corrected chi connectivity index (χ1v) is 11.3. The van der Waals surface area contributed by atoms with Crippen molar-refractivity contribution >= 4 is 17.5 Å². The van der Waals surface area contributed by atoms with E-state index in [1.807, 2.05) is 0 Å². The number of hydrogen-bond donors (Lipinski definition) is 3. The van der Waals surface area contributed by atoms with Crippen molar-refractivity contribution in [1.29, 1.82) is 0 Å². The van der Waals surface area contributed by atoms with Gasteiger partial charge in [0, 0.05) is 18.8 Å². The standard InChI is InChI=1S/C25H31F2N3O2/c26-20-10-12-21(13-11-20)28-14-15-29-25(32)23(16-18-6-2-1-3-7-18)30-24(31)17-19-8-4-5-9-22(19)27/h4-5,8-13,18,23,28H,1-3,6-7,14-17H2,(H,29,32)(H,30,31). The molecule has 0 bridgehead atoms. The number of hydrogen-bond acceptors (Lipinski definition) is 3. The van der Waals surface area contributed by atoms with E-state index in [4.69, 9.17) is 0 Å². The lowest BCUT2D eigenvalue weighted by Gasteiger charge is -2.26. The predicted molar refractivity (Wildman–Crippen MR) is 121 cm³/mol. The Bertz CT molecular complexity index is 883. The first kappa shape index (κ1) is 23.7. The lowest BCUT2D eigenvalue weighted by molar-refractivity contribution is -0.129. The van der Waals surface area contributed by atoms with Crippen LogP contribution in [-0.2, 0) is 16.0 Å². The van der Waals surface area contributed by atoms with Crippen LogP contribution in [0, 0.1) is 17.6 Å². The number of carbonyl (C=O) groups excluding carboxylic acids is 2. The molecule has 0 radical (unpaired) electrons. The van der Waals surface area contributed by atoms with Gasteiger partial charge in [0.25, 0.3) is 0 Å². The lowest BCUT2D eigenvalue weighted by atomic mass is 9.84. The Kier molecular flexibility index (Phi) is 9.01. The molecule has 5 nitrogen and oxygen atoms in total. The number of carbonyl (C=O) groups is 2. The van der Waals surface area contributed by atoms with Crippen molar-refractivity contribution in [1.82, 2.24) is 10.6 Å². The van der Waals surface area contributed by atoms with Crippen molar-refractivity contribution in [3.63, 3.8) is 0 Å². The fourth-order valence-electron chi connectivity index (χ4n) is 4.13. The van der Waals surface area contributed by atoms with Gasteiger partial charge in [-0.05, 0) is 48.2 Å². The second-order valence-corrected chi connectivity index (χ2v) is 8.35. The van der Waals surface area contributed by atoms with Crippen LogP contribution >= 0.6 is 0 Å². The van der Waals surface area contributed by atoms with Crippen LogP contribution in [0.25, 0.3) is 0 Å². The Hall–Kier alpha value is -2.96. The number of amides is 2. The molecule has 1 aliphatic carbocycles. The summed E-state index contributed by atoms with van der Waals surface area (Å²) in [6, 6.07) is 11.5. The maximum atomic E-state index is 13.9. The summed E-state index contributed by atoms with van der Waals surface area (Å²) < 4.78 is 26.9. The van der Waals surface area contributed by atoms with Crippen molar-refractivity contribution < 1.29 is 18.4 Å². The molecule has 172 valence electrons. The molecule has 0 aliphatic heterocycles. The van der Waals surface area contributed by atoms with Crippen LogP contribution < -0.4 is 16.0 Å². The minimum Gasteiger partial charge on any atom is -0.383 e. The second kappa shape index (κ2) is 12.2. The average molecular weight is 444 g/mol. The third kappa shape index (κ3) is 7.62. The molecule has 1 fully saturated rings. The first-order chi connectivity index (χ1) is 15.5. The molecule has 3 rings (SSSR count). The fraction of sp³-hybridized carbons (Fsp3) is 0.440. The van der Waals surface area contributed by atoms with E-state index >= 15 is 0 Å². The summed E-state index contributed by atoms with van der Waals surface area (Å²) in [6.45, 7) is 0.831. The Labute approximate surface area is 188 Å². The van der Waals surface area contributed by atoms with Gasteiger partial charge in [0.05, 0.1) is 6.42 Å². The minimum atomic E-state index is -0.650. The van der Waals surface area contributed by atoms with Crippen molar-refractivity contribution in [2.24, 2.45) is 5.92 Å². The van der Waals surface area contributed by atoms with Gasteiger partial charge >= 0.3 is 0 Å². The van der Waals surface area contributed by atoms with E-state index in [0.29, 0.717) is 31.0 Å². The van der Waals surface area contributed by atoms with Gasteiger partial charge in [-0.3, -0.25) is 9.59 Å². The Morgan fingerprint density at radius 1 is 0.938 bits per heavy atom. The zero-order valence-corrected chi connectivity index (χ0v) is 18.2. The first-order valence-electron chi connectivity index (χ1n) is 11.3. The molecule has 1 unspecified atom stereocenters. The van der Waals surface area contributed by atoms with E-state index in [1.165, 1.54) is 24.6 Å². The van der Waals surface area contributed by atoms with Crippen molar-refractivity contribution in [3.8, 4) is 0 Å². The van der Waals surface area contributed by atoms with Crippen LogP contribution in [0.5, 0.6) is 0 Å². The molecular weight excluding hydrogens is 412 g/mol. The summed E-state index contributed by atoms with van der Waals surface area (Å²) in [5, 5.41) is 8.81. The van der Waals surface area contributed by atoms with E-state index in [0.717, 1.165) is 31.4 Å². The quantitative estimate of drug-likeness (QED) is 0.482. The Morgan fingerprint density at radius 2 is 1.66 bits per heavy atom. The summed E-state index contributed by atoms with van der Waals surface area (Å²) >= 11 is 0. The molecule has 1 atom stereocenters. The molecule has 2 aromatic carbocycles. The van der Waals surface area contributed by atoms with E-state index in [-0.39, 0.29) is 24.1 Å². The van der Waals surface area contributed by atoms with Crippen molar-refractivity contribution in [2.45, 2.75) is 51.0 Å². The molecule has 3 N–H and O–H groups in total. The number of benzene rings is 2. The summed E-state index contributed by atoms with van der Waals surface area (Å²) in [6.07, 6.45) is 6.08. The highest BCUT2D eigenvalue weighted by atomic mass is 19.1. The van der Waals surface area contributed by atoms with Crippen LogP contribution in [0.1, 0.15) is 44.1 Å². The number of nitrogens with one attached hydrogen (secondary N) is 3. The number of rotatable bonds is 10. The van der Waals surface area contributed by atoms with Crippen LogP contribution in [0.2, 0.25) is 0 Å². The molecule has 1 saturated carbocycles. The van der Waals surface area contributed by atoms with Crippen molar-refractivity contribution in [2.75, 3.05) is 18.4 Å². The van der Waals surface area contributed by atoms with Gasteiger partial charge in [-0.1, -0.05) is 50.3 Å². The van der Waals surface area contributed by atoms with Crippen LogP contribution in [0.4, 0.5) is 14.5 Å². The monoisotopic (exact) mass is 443 g/mol. The molecule has 32 heavy (non-hydrogen) atoms. The van der Waals surface area contributed by atoms with Gasteiger partial charge in [-0.15, -0.1) is 0 Å². The summed E-state index contributed by atoms with van der Waals surface area (Å²) in [5.74, 6) is -0.942. The lowest BCUT2D eigenvalue weighted by Crippen LogP contribution is -2.49. The highest BCUT2D eigenvalue weighted by molar-refractivity contribution is 5.88. The largest absolute Gasteiger partial charge is 0.383 e. The van der Waals surface area contributed by atoms with Gasteiger partial charge in [0.15, 0.2) is 0 Å². The fourth-order valence-corrected chi connectivity index (χ4v) is 4.13. The topological polar surface area (TPSA) is 70.2 Å². The van der Waals surface area contributed by atoms with Crippen LogP contribution in [0.15, 0.2) is 48.5 Å². The van der Waals surface area contributed by atoms with Gasteiger partial charge in [0.1, 0.15) is 17.7 Å². The van der Waals surface area contributed by atoms with E-state index < -0.39 is 11.9 Å². The molecule has 0 heterocycles. The van der Waals surface area contributed by atoms with Gasteiger partial charge < -0.3 is 16.0 Å². The normalized spacial score (nSPS) is 15.1. The zero-order chi connectivity index (χ0) is 22.8. The molecular formula is C25H31F2N3O2. The highest BCUT2D eigenvalue weighted by Crippen LogP contribution is 2.27. The molecule has 1 aliphatic rings. The van der Waals surface area contributed by atoms with E-state index in [2.05, 4.69) is 16.0 Å². The third-order valence-corrected chi connectivity index (χ3v) is 5.85. The van der Waals surface area contributed by atoms with Gasteiger partial charge in [-0.2, -0.15) is 0 Å². The molecule has 7 heteroatoms. The Balaban J connectivity index is 1.53. The summed E-state index contributed by atoms with van der Waals surface area (Å²) in [5.41, 5.74) is 1.07. The maximum absolute atomic E-state index is 13.9. The summed E-state index contributed by atoms with van der Waals surface area (Å²) in [7, 11) is 0. The smallest absolute Gasteiger partial charge is 0.242 e. The maximum Gasteiger partial charge on any atom is 0.242 e. The molecule has 0 aromatic heterocycles. The van der Waals surface area contributed by atoms with Crippen molar-refractivity contribution in [3.05, 3.63) is 65.7 Å². The molecule has 2 aromatic rings. The third-order valence-electron chi connectivity index (χ3n) is 5.85. The van der Waals surface area contributed by atoms with E-state index in [1.54, 1.807) is 30.3 Å². The summed E-state index contributed by atoms with van der Waals surface area (Å²) in [4.78, 5) is 25.4. The number of anilines is 1. The highest BCUT2D eigenvalue weighted by Gasteiger charge is 2.26. The zero-order valence-electron chi connectivity index (χ0n) is 18.2. The van der Waals surface area contributed by atoms with Crippen LogP contribution in [-0.4, -0.2) is 30.9 Å². The molecule has 0 spiro atoms. The predicted octanol–water partition coefficient (Wildman–Crippen LogP) is 4.19. The van der Waals surface area contributed by atoms with Crippen LogP contribution in [0.3, 0.4) is 0 Å².